The first-order valence-corrected chi connectivity index (χ1v) is 6.42. The molecule has 0 amide bonds. The van der Waals surface area contributed by atoms with Crippen LogP contribution in [-0.4, -0.2) is 54.3 Å². The maximum Gasteiger partial charge on any atom is 0.289 e. The number of piperazine rings is 1. The molecular weight excluding hydrogens is 260 g/mol. The van der Waals surface area contributed by atoms with Crippen LogP contribution in [0.4, 0.5) is 11.4 Å². The number of nitro benzene ring substituents is 1. The van der Waals surface area contributed by atoms with Crippen LogP contribution in [0.2, 0.25) is 0 Å². The average Bonchev–Trinajstić information content (AvgIpc) is 2.47. The lowest BCUT2D eigenvalue weighted by Gasteiger charge is -2.35. The Morgan fingerprint density at radius 3 is 2.60 bits per heavy atom. The molecule has 1 aromatic rings. The van der Waals surface area contributed by atoms with E-state index in [4.69, 9.17) is 10.4 Å². The molecular formula is C13H16N4O3. The summed E-state index contributed by atoms with van der Waals surface area (Å²) in [7, 11) is 0. The summed E-state index contributed by atoms with van der Waals surface area (Å²) in [6.45, 7) is 3.93. The fourth-order valence-electron chi connectivity index (χ4n) is 2.33. The van der Waals surface area contributed by atoms with Gasteiger partial charge in [-0.3, -0.25) is 15.0 Å². The monoisotopic (exact) mass is 276 g/mol. The second kappa shape index (κ2) is 6.32. The first-order valence-electron chi connectivity index (χ1n) is 6.42. The molecule has 0 aromatic heterocycles. The van der Waals surface area contributed by atoms with Gasteiger partial charge in [0.1, 0.15) is 11.6 Å². The van der Waals surface area contributed by atoms with Crippen molar-refractivity contribution in [3.8, 4) is 6.07 Å². The maximum atomic E-state index is 11.0. The number of benzene rings is 1. The smallest absolute Gasteiger partial charge is 0.289 e. The molecule has 0 atom stereocenters. The van der Waals surface area contributed by atoms with Gasteiger partial charge in [-0.05, 0) is 12.1 Å². The second-order valence-corrected chi connectivity index (χ2v) is 4.62. The highest BCUT2D eigenvalue weighted by atomic mass is 16.6. The number of anilines is 1. The predicted molar refractivity (Wildman–Crippen MR) is 73.6 cm³/mol. The molecule has 1 saturated heterocycles. The molecule has 1 N–H and O–H groups in total. The molecule has 1 aliphatic heterocycles. The predicted octanol–water partition coefficient (Wildman–Crippen LogP) is 0.581. The van der Waals surface area contributed by atoms with Gasteiger partial charge in [0, 0.05) is 44.5 Å². The van der Waals surface area contributed by atoms with Gasteiger partial charge < -0.3 is 10.0 Å². The molecule has 1 aromatic carbocycles. The maximum absolute atomic E-state index is 11.0. The third-order valence-corrected chi connectivity index (χ3v) is 3.45. The Hall–Kier alpha value is -2.17. The Kier molecular flexibility index (Phi) is 4.50. The van der Waals surface area contributed by atoms with E-state index >= 15 is 0 Å². The number of hydrogen-bond acceptors (Lipinski definition) is 6. The fourth-order valence-corrected chi connectivity index (χ4v) is 2.33. The van der Waals surface area contributed by atoms with Crippen molar-refractivity contribution in [2.24, 2.45) is 0 Å². The summed E-state index contributed by atoms with van der Waals surface area (Å²) in [6.07, 6.45) is 0. The van der Waals surface area contributed by atoms with Crippen LogP contribution in [-0.2, 0) is 0 Å². The van der Waals surface area contributed by atoms with Crippen LogP contribution in [0, 0.1) is 21.4 Å². The molecule has 0 spiro atoms. The second-order valence-electron chi connectivity index (χ2n) is 4.62. The standard InChI is InChI=1S/C13H16N4O3/c14-10-11-1-2-12(9-13(11)17(19)20)16-5-3-15(4-6-16)7-8-18/h1-2,9,18H,3-8H2. The topological polar surface area (TPSA) is 93.6 Å². The van der Waals surface area contributed by atoms with Gasteiger partial charge in [-0.1, -0.05) is 0 Å². The number of β-amino-alcohol motifs (C(OH)–C–C–N with tert-alkyl or cyclic N) is 1. The SMILES string of the molecule is N#Cc1ccc(N2CCN(CCO)CC2)cc1[N+](=O)[O-]. The summed E-state index contributed by atoms with van der Waals surface area (Å²) < 4.78 is 0. The molecule has 1 heterocycles. The molecule has 1 fully saturated rings. The minimum Gasteiger partial charge on any atom is -0.395 e. The van der Waals surface area contributed by atoms with Gasteiger partial charge in [0.25, 0.3) is 5.69 Å². The molecule has 0 aliphatic carbocycles. The number of hydrogen-bond donors (Lipinski definition) is 1. The minimum absolute atomic E-state index is 0.0812. The van der Waals surface area contributed by atoms with E-state index in [1.165, 1.54) is 12.1 Å². The first-order chi connectivity index (χ1) is 9.65. The summed E-state index contributed by atoms with van der Waals surface area (Å²) in [4.78, 5) is 14.6. The van der Waals surface area contributed by atoms with Crippen molar-refractivity contribution in [3.05, 3.63) is 33.9 Å². The number of aliphatic hydroxyl groups is 1. The van der Waals surface area contributed by atoms with Crippen LogP contribution in [0.3, 0.4) is 0 Å². The fraction of sp³-hybridized carbons (Fsp3) is 0.462. The van der Waals surface area contributed by atoms with Crippen LogP contribution in [0.15, 0.2) is 18.2 Å². The van der Waals surface area contributed by atoms with Gasteiger partial charge in [-0.2, -0.15) is 5.26 Å². The number of nitriles is 1. The van der Waals surface area contributed by atoms with Crippen molar-refractivity contribution in [1.29, 1.82) is 5.26 Å². The largest absolute Gasteiger partial charge is 0.395 e. The minimum atomic E-state index is -0.524. The van der Waals surface area contributed by atoms with Crippen molar-refractivity contribution in [2.75, 3.05) is 44.2 Å². The quantitative estimate of drug-likeness (QED) is 0.638. The van der Waals surface area contributed by atoms with Crippen molar-refractivity contribution < 1.29 is 10.0 Å². The van der Waals surface area contributed by atoms with Crippen LogP contribution >= 0.6 is 0 Å². The normalized spacial score (nSPS) is 15.9. The lowest BCUT2D eigenvalue weighted by atomic mass is 10.1. The highest BCUT2D eigenvalue weighted by Crippen LogP contribution is 2.25. The highest BCUT2D eigenvalue weighted by molar-refractivity contribution is 5.60. The van der Waals surface area contributed by atoms with Crippen LogP contribution < -0.4 is 4.90 Å². The Balaban J connectivity index is 2.13. The highest BCUT2D eigenvalue weighted by Gasteiger charge is 2.20. The number of nitro groups is 1. The van der Waals surface area contributed by atoms with Crippen molar-refractivity contribution in [3.63, 3.8) is 0 Å². The zero-order chi connectivity index (χ0) is 14.5. The van der Waals surface area contributed by atoms with Crippen LogP contribution in [0.25, 0.3) is 0 Å². The Morgan fingerprint density at radius 2 is 2.05 bits per heavy atom. The van der Waals surface area contributed by atoms with E-state index in [0.29, 0.717) is 6.54 Å². The van der Waals surface area contributed by atoms with Crippen molar-refractivity contribution in [2.45, 2.75) is 0 Å². The van der Waals surface area contributed by atoms with Gasteiger partial charge in [-0.15, -0.1) is 0 Å². The molecule has 7 nitrogen and oxygen atoms in total. The van der Waals surface area contributed by atoms with Crippen molar-refractivity contribution >= 4 is 11.4 Å². The van der Waals surface area contributed by atoms with Gasteiger partial charge in [0.15, 0.2) is 0 Å². The molecule has 7 heteroatoms. The molecule has 0 saturated carbocycles. The van der Waals surface area contributed by atoms with E-state index in [2.05, 4.69) is 9.80 Å². The average molecular weight is 276 g/mol. The molecule has 0 bridgehead atoms. The molecule has 106 valence electrons. The lowest BCUT2D eigenvalue weighted by molar-refractivity contribution is -0.385. The van der Waals surface area contributed by atoms with Crippen LogP contribution in [0.5, 0.6) is 0 Å². The number of nitrogens with zero attached hydrogens (tertiary/aromatic N) is 4. The van der Waals surface area contributed by atoms with E-state index in [1.54, 1.807) is 6.07 Å². The third kappa shape index (κ3) is 3.04. The van der Waals surface area contributed by atoms with E-state index in [1.807, 2.05) is 6.07 Å². The Bertz CT molecular complexity index is 533. The third-order valence-electron chi connectivity index (χ3n) is 3.45. The number of aliphatic hydroxyl groups excluding tert-OH is 1. The van der Waals surface area contributed by atoms with E-state index in [9.17, 15) is 10.1 Å². The van der Waals surface area contributed by atoms with Gasteiger partial charge in [0.2, 0.25) is 0 Å². The Morgan fingerprint density at radius 1 is 1.35 bits per heavy atom. The molecule has 0 radical (unpaired) electrons. The van der Waals surface area contributed by atoms with Crippen LogP contribution in [0.1, 0.15) is 5.56 Å². The molecule has 0 unspecified atom stereocenters. The van der Waals surface area contributed by atoms with E-state index in [0.717, 1.165) is 31.9 Å². The van der Waals surface area contributed by atoms with E-state index < -0.39 is 4.92 Å². The molecule has 20 heavy (non-hydrogen) atoms. The van der Waals surface area contributed by atoms with Gasteiger partial charge in [0.05, 0.1) is 11.5 Å². The molecule has 1 aliphatic rings. The lowest BCUT2D eigenvalue weighted by Crippen LogP contribution is -2.47. The number of rotatable bonds is 4. The summed E-state index contributed by atoms with van der Waals surface area (Å²) >= 11 is 0. The van der Waals surface area contributed by atoms with Crippen molar-refractivity contribution in [1.82, 2.24) is 4.90 Å². The summed E-state index contributed by atoms with van der Waals surface area (Å²) in [6, 6.07) is 6.53. The zero-order valence-corrected chi connectivity index (χ0v) is 11.0. The van der Waals surface area contributed by atoms with Gasteiger partial charge in [-0.25, -0.2) is 0 Å². The van der Waals surface area contributed by atoms with E-state index in [-0.39, 0.29) is 17.9 Å². The zero-order valence-electron chi connectivity index (χ0n) is 11.0. The Labute approximate surface area is 116 Å². The summed E-state index contributed by atoms with van der Waals surface area (Å²) in [5.74, 6) is 0. The van der Waals surface area contributed by atoms with Gasteiger partial charge >= 0.3 is 0 Å². The molecule has 2 rings (SSSR count). The first kappa shape index (κ1) is 14.2. The summed E-state index contributed by atoms with van der Waals surface area (Å²) in [5.41, 5.74) is 0.694. The summed E-state index contributed by atoms with van der Waals surface area (Å²) in [5, 5.41) is 28.7.